The lowest BCUT2D eigenvalue weighted by atomic mass is 9.52. The standard InChI is InChI=1S/C30H38N2O10/c1-15(2)27(37)22(41-21(34)18-9-7-13-32-18)28(38)23(4)14-26(36)24(27,5)30(28,39)29(42-26)19(16(3)10-11-25(23,29)35)40-20(33)17-8-6-12-31-17/h6-9,12-13,15-16,19,22,31-32,35-39H,10-11,14H2,1-5H3/t16-,19+,22+,23-,24-,25-,26-,27+,28+,29+,30+/m0/s1. The normalized spacial score (nSPS) is 51.6. The number of ether oxygens (including phenoxy) is 3. The van der Waals surface area contributed by atoms with Gasteiger partial charge in [0.25, 0.3) is 0 Å². The lowest BCUT2D eigenvalue weighted by Gasteiger charge is -2.60. The Hall–Kier alpha value is -2.74. The van der Waals surface area contributed by atoms with Crippen molar-refractivity contribution in [3.8, 4) is 0 Å². The van der Waals surface area contributed by atoms with Crippen LogP contribution in [0.1, 0.15) is 74.9 Å². The molecule has 12 nitrogen and oxygen atoms in total. The Morgan fingerprint density at radius 1 is 0.976 bits per heavy atom. The quantitative estimate of drug-likeness (QED) is 0.249. The van der Waals surface area contributed by atoms with Crippen molar-refractivity contribution in [2.24, 2.45) is 22.7 Å². The highest BCUT2D eigenvalue weighted by molar-refractivity contribution is 5.88. The molecule has 2 aliphatic heterocycles. The SMILES string of the molecule is CC(C)[C@@]1(O)[C@@H](OC(=O)c2ccc[nH]2)[C@@]2(O)[C@@]3(C)C[C@]4(O)O[C@@]5([C@H](OC(=O)c6ccc[nH]6)[C@@H](C)CC[C@]35O)[C@@]2(O)[C@]14C. The average molecular weight is 587 g/mol. The van der Waals surface area contributed by atoms with E-state index in [4.69, 9.17) is 14.2 Å². The van der Waals surface area contributed by atoms with Gasteiger partial charge in [-0.15, -0.1) is 0 Å². The summed E-state index contributed by atoms with van der Waals surface area (Å²) in [5, 5.41) is 64.4. The predicted octanol–water partition coefficient (Wildman–Crippen LogP) is 1.01. The summed E-state index contributed by atoms with van der Waals surface area (Å²) >= 11 is 0. The largest absolute Gasteiger partial charge is 0.454 e. The van der Waals surface area contributed by atoms with Gasteiger partial charge >= 0.3 is 11.9 Å². The zero-order valence-electron chi connectivity index (χ0n) is 24.2. The van der Waals surface area contributed by atoms with E-state index in [1.165, 1.54) is 32.2 Å². The summed E-state index contributed by atoms with van der Waals surface area (Å²) in [5.41, 5.74) is -15.7. The number of rotatable bonds is 5. The van der Waals surface area contributed by atoms with Gasteiger partial charge in [-0.1, -0.05) is 27.7 Å². The van der Waals surface area contributed by atoms with E-state index in [9.17, 15) is 35.1 Å². The Morgan fingerprint density at radius 2 is 1.55 bits per heavy atom. The Kier molecular flexibility index (Phi) is 5.12. The van der Waals surface area contributed by atoms with Crippen LogP contribution in [-0.4, -0.2) is 93.4 Å². The summed E-state index contributed by atoms with van der Waals surface area (Å²) in [6.45, 7) is 7.92. The summed E-state index contributed by atoms with van der Waals surface area (Å²) in [6, 6.07) is 6.17. The van der Waals surface area contributed by atoms with Gasteiger partial charge < -0.3 is 49.7 Å². The first-order chi connectivity index (χ1) is 19.5. The van der Waals surface area contributed by atoms with Gasteiger partial charge in [0, 0.05) is 24.2 Å². The minimum atomic E-state index is -2.68. The molecule has 6 bridgehead atoms. The van der Waals surface area contributed by atoms with E-state index in [0.717, 1.165) is 0 Å². The van der Waals surface area contributed by atoms with E-state index < -0.39 is 87.0 Å². The third kappa shape index (κ3) is 2.32. The van der Waals surface area contributed by atoms with Crippen LogP contribution in [0.15, 0.2) is 36.7 Å². The lowest BCUT2D eigenvalue weighted by Crippen LogP contribution is -2.75. The van der Waals surface area contributed by atoms with Gasteiger partial charge in [-0.3, -0.25) is 0 Å². The third-order valence-corrected chi connectivity index (χ3v) is 12.3. The lowest BCUT2D eigenvalue weighted by molar-refractivity contribution is -0.389. The van der Waals surface area contributed by atoms with Crippen LogP contribution in [0, 0.1) is 22.7 Å². The minimum Gasteiger partial charge on any atom is -0.454 e. The molecule has 2 saturated heterocycles. The van der Waals surface area contributed by atoms with Crippen LogP contribution in [0.3, 0.4) is 0 Å². The van der Waals surface area contributed by atoms with E-state index >= 15 is 0 Å². The van der Waals surface area contributed by atoms with Crippen LogP contribution < -0.4 is 0 Å². The molecule has 228 valence electrons. The summed E-state index contributed by atoms with van der Waals surface area (Å²) in [4.78, 5) is 32.3. The van der Waals surface area contributed by atoms with Crippen LogP contribution in [0.4, 0.5) is 0 Å². The highest BCUT2D eigenvalue weighted by Gasteiger charge is 3.10. The molecule has 2 aromatic heterocycles. The van der Waals surface area contributed by atoms with Crippen molar-refractivity contribution in [2.45, 2.75) is 99.9 Å². The van der Waals surface area contributed by atoms with E-state index in [1.807, 2.05) is 0 Å². The molecule has 1 spiro atoms. The van der Waals surface area contributed by atoms with Gasteiger partial charge in [0.2, 0.25) is 0 Å². The molecule has 8 rings (SSSR count). The Bertz CT molecular complexity index is 1480. The van der Waals surface area contributed by atoms with Crippen LogP contribution in [0.5, 0.6) is 0 Å². The maximum absolute atomic E-state index is 13.4. The number of carbonyl (C=O) groups excluding carboxylic acids is 2. The molecule has 42 heavy (non-hydrogen) atoms. The molecule has 0 unspecified atom stereocenters. The molecule has 12 heteroatoms. The summed E-state index contributed by atoms with van der Waals surface area (Å²) < 4.78 is 18.5. The molecule has 7 N–H and O–H groups in total. The molecule has 11 atom stereocenters. The molecule has 6 fully saturated rings. The number of H-pyrrole nitrogens is 2. The van der Waals surface area contributed by atoms with Gasteiger partial charge in [0.05, 0.1) is 5.41 Å². The monoisotopic (exact) mass is 586 g/mol. The molecule has 6 aliphatic rings. The fraction of sp³-hybridized carbons (Fsp3) is 0.667. The van der Waals surface area contributed by atoms with Crippen molar-refractivity contribution < 1.29 is 49.3 Å². The Balaban J connectivity index is 1.50. The maximum Gasteiger partial charge on any atom is 0.355 e. The molecule has 4 aliphatic carbocycles. The predicted molar refractivity (Wildman–Crippen MR) is 143 cm³/mol. The number of aliphatic hydroxyl groups is 5. The first kappa shape index (κ1) is 28.1. The number of aromatic amines is 2. The smallest absolute Gasteiger partial charge is 0.355 e. The molecule has 0 radical (unpaired) electrons. The Labute approximate surface area is 242 Å². The molecular weight excluding hydrogens is 548 g/mol. The van der Waals surface area contributed by atoms with Crippen LogP contribution in [-0.2, 0) is 14.2 Å². The average Bonchev–Trinajstić information content (AvgIpc) is 3.70. The highest BCUT2D eigenvalue weighted by atomic mass is 16.7. The second kappa shape index (κ2) is 7.66. The van der Waals surface area contributed by atoms with E-state index in [-0.39, 0.29) is 17.8 Å². The Morgan fingerprint density at radius 3 is 2.07 bits per heavy atom. The topological polar surface area (TPSA) is 195 Å². The third-order valence-electron chi connectivity index (χ3n) is 12.3. The molecule has 4 heterocycles. The van der Waals surface area contributed by atoms with Crippen molar-refractivity contribution in [2.75, 3.05) is 0 Å². The summed E-state index contributed by atoms with van der Waals surface area (Å²) in [5.74, 6) is -5.36. The number of nitrogens with one attached hydrogen (secondary N) is 2. The zero-order chi connectivity index (χ0) is 30.5. The van der Waals surface area contributed by atoms with Crippen molar-refractivity contribution >= 4 is 11.9 Å². The molecule has 0 aromatic carbocycles. The molecular formula is C30H38N2O10. The van der Waals surface area contributed by atoms with E-state index in [0.29, 0.717) is 6.42 Å². The van der Waals surface area contributed by atoms with Gasteiger partial charge in [0.1, 0.15) is 39.9 Å². The zero-order valence-corrected chi connectivity index (χ0v) is 24.2. The van der Waals surface area contributed by atoms with Gasteiger partial charge in [0.15, 0.2) is 17.5 Å². The van der Waals surface area contributed by atoms with Crippen LogP contribution >= 0.6 is 0 Å². The van der Waals surface area contributed by atoms with E-state index in [2.05, 4.69) is 9.97 Å². The second-order valence-corrected chi connectivity index (χ2v) is 13.9. The van der Waals surface area contributed by atoms with Crippen molar-refractivity contribution in [3.63, 3.8) is 0 Å². The highest BCUT2D eigenvalue weighted by Crippen LogP contribution is 2.90. The van der Waals surface area contributed by atoms with Crippen molar-refractivity contribution in [3.05, 3.63) is 48.0 Å². The first-order valence-corrected chi connectivity index (χ1v) is 14.5. The molecule has 4 saturated carbocycles. The number of aromatic nitrogens is 2. The minimum absolute atomic E-state index is 0.00933. The number of hydrogen-bond donors (Lipinski definition) is 7. The fourth-order valence-electron chi connectivity index (χ4n) is 10.4. The van der Waals surface area contributed by atoms with E-state index in [1.54, 1.807) is 39.1 Å². The second-order valence-electron chi connectivity index (χ2n) is 13.9. The van der Waals surface area contributed by atoms with Crippen molar-refractivity contribution in [1.82, 2.24) is 9.97 Å². The number of hydrogen-bond acceptors (Lipinski definition) is 10. The van der Waals surface area contributed by atoms with Crippen LogP contribution in [0.25, 0.3) is 0 Å². The number of esters is 2. The van der Waals surface area contributed by atoms with Gasteiger partial charge in [-0.2, -0.15) is 0 Å². The molecule has 2 aromatic rings. The fourth-order valence-corrected chi connectivity index (χ4v) is 10.4. The van der Waals surface area contributed by atoms with Gasteiger partial charge in [-0.05, 0) is 55.9 Å². The molecule has 0 amide bonds. The van der Waals surface area contributed by atoms with Crippen molar-refractivity contribution in [1.29, 1.82) is 0 Å². The maximum atomic E-state index is 13.4. The summed E-state index contributed by atoms with van der Waals surface area (Å²) in [6.07, 6.45) is -0.224. The summed E-state index contributed by atoms with van der Waals surface area (Å²) in [7, 11) is 0. The first-order valence-electron chi connectivity index (χ1n) is 14.5. The number of carbonyl (C=O) groups is 2. The van der Waals surface area contributed by atoms with Crippen LogP contribution in [0.2, 0.25) is 0 Å². The van der Waals surface area contributed by atoms with Gasteiger partial charge in [-0.25, -0.2) is 9.59 Å².